The molecule has 0 heterocycles. The van der Waals surface area contributed by atoms with E-state index >= 15 is 0 Å². The van der Waals surface area contributed by atoms with Gasteiger partial charge >= 0.3 is 17.3 Å². The summed E-state index contributed by atoms with van der Waals surface area (Å²) >= 11 is 0. The predicted octanol–water partition coefficient (Wildman–Crippen LogP) is 1.85. The van der Waals surface area contributed by atoms with Gasteiger partial charge in [0.05, 0.1) is 0 Å². The molecule has 0 aliphatic carbocycles. The molecule has 1 rings (SSSR count). The minimum atomic E-state index is -5.94. The lowest BCUT2D eigenvalue weighted by Crippen LogP contribution is -2.35. The highest BCUT2D eigenvalue weighted by Crippen LogP contribution is 2.21. The third-order valence-electron chi connectivity index (χ3n) is 2.40. The highest BCUT2D eigenvalue weighted by Gasteiger charge is 2.39. The number of amides is 1. The molecule has 0 spiro atoms. The van der Waals surface area contributed by atoms with Crippen LogP contribution in [0.3, 0.4) is 0 Å². The second kappa shape index (κ2) is 7.36. The minimum absolute atomic E-state index is 0.0865. The standard InChI is InChI=1S/C13H13F2NO7S/c1-8(2)11(17)23-10-5-3-9(4-6-10)16-12(18)22-7-13(14,15)24(19,20)21/h3-6H,1,7H2,2H3,(H,16,18)(H,19,20,21)/p-1. The molecule has 0 saturated carbocycles. The van der Waals surface area contributed by atoms with Gasteiger partial charge in [-0.2, -0.15) is 8.78 Å². The highest BCUT2D eigenvalue weighted by atomic mass is 32.2. The molecule has 1 aromatic rings. The van der Waals surface area contributed by atoms with E-state index in [2.05, 4.69) is 11.3 Å². The molecule has 24 heavy (non-hydrogen) atoms. The summed E-state index contributed by atoms with van der Waals surface area (Å²) in [5, 5.41) is -2.71. The third-order valence-corrected chi connectivity index (χ3v) is 3.25. The summed E-state index contributed by atoms with van der Waals surface area (Å²) in [6.07, 6.45) is -1.40. The number of carbonyl (C=O) groups is 2. The van der Waals surface area contributed by atoms with Crippen molar-refractivity contribution >= 4 is 27.9 Å². The Bertz CT molecular complexity index is 744. The second-order valence-corrected chi connectivity index (χ2v) is 5.99. The first-order valence-electron chi connectivity index (χ1n) is 6.17. The van der Waals surface area contributed by atoms with Crippen molar-refractivity contribution in [3.63, 3.8) is 0 Å². The van der Waals surface area contributed by atoms with Crippen LogP contribution in [0.25, 0.3) is 0 Å². The van der Waals surface area contributed by atoms with Crippen LogP contribution in [0.15, 0.2) is 36.4 Å². The summed E-state index contributed by atoms with van der Waals surface area (Å²) in [4.78, 5) is 22.6. The molecule has 1 aromatic carbocycles. The number of nitrogens with one attached hydrogen (secondary N) is 1. The zero-order valence-corrected chi connectivity index (χ0v) is 13.1. The Morgan fingerprint density at radius 2 is 1.83 bits per heavy atom. The van der Waals surface area contributed by atoms with Crippen molar-refractivity contribution < 1.29 is 40.8 Å². The summed E-state index contributed by atoms with van der Waals surface area (Å²) in [5.74, 6) is -0.512. The number of anilines is 1. The molecule has 8 nitrogen and oxygen atoms in total. The Labute approximate surface area is 135 Å². The van der Waals surface area contributed by atoms with Crippen LogP contribution in [0.4, 0.5) is 19.3 Å². The Kier molecular flexibility index (Phi) is 5.99. The molecule has 0 aliphatic rings. The predicted molar refractivity (Wildman–Crippen MR) is 76.5 cm³/mol. The Morgan fingerprint density at radius 3 is 2.29 bits per heavy atom. The molecule has 0 atom stereocenters. The normalized spacial score (nSPS) is 11.5. The molecule has 0 fully saturated rings. The number of carbonyl (C=O) groups excluding carboxylic acids is 2. The van der Waals surface area contributed by atoms with Gasteiger partial charge in [0, 0.05) is 11.3 Å². The summed E-state index contributed by atoms with van der Waals surface area (Å²) in [5.41, 5.74) is 0.262. The minimum Gasteiger partial charge on any atom is -0.743 e. The van der Waals surface area contributed by atoms with E-state index in [-0.39, 0.29) is 17.0 Å². The smallest absolute Gasteiger partial charge is 0.411 e. The summed E-state index contributed by atoms with van der Waals surface area (Å²) in [7, 11) is -5.94. The molecule has 0 aliphatic heterocycles. The van der Waals surface area contributed by atoms with E-state index in [9.17, 15) is 31.3 Å². The van der Waals surface area contributed by atoms with Gasteiger partial charge in [-0.3, -0.25) is 5.32 Å². The summed E-state index contributed by atoms with van der Waals surface area (Å²) in [6, 6.07) is 5.13. The molecule has 0 radical (unpaired) electrons. The first-order valence-corrected chi connectivity index (χ1v) is 7.58. The third kappa shape index (κ3) is 5.59. The first kappa shape index (κ1) is 19.5. The zero-order chi connectivity index (χ0) is 18.5. The van der Waals surface area contributed by atoms with Crippen LogP contribution >= 0.6 is 0 Å². The lowest BCUT2D eigenvalue weighted by molar-refractivity contribution is -0.130. The number of esters is 1. The maximum Gasteiger partial charge on any atom is 0.411 e. The Morgan fingerprint density at radius 1 is 1.29 bits per heavy atom. The number of benzene rings is 1. The maximum atomic E-state index is 12.8. The monoisotopic (exact) mass is 364 g/mol. The van der Waals surface area contributed by atoms with E-state index < -0.39 is 34.0 Å². The van der Waals surface area contributed by atoms with Crippen molar-refractivity contribution in [2.45, 2.75) is 12.2 Å². The van der Waals surface area contributed by atoms with Crippen molar-refractivity contribution in [3.05, 3.63) is 36.4 Å². The van der Waals surface area contributed by atoms with Gasteiger partial charge in [0.1, 0.15) is 5.75 Å². The van der Waals surface area contributed by atoms with Gasteiger partial charge in [-0.05, 0) is 31.2 Å². The van der Waals surface area contributed by atoms with Crippen molar-refractivity contribution in [2.24, 2.45) is 0 Å². The quantitative estimate of drug-likeness (QED) is 0.354. The Hall–Kier alpha value is -2.53. The van der Waals surface area contributed by atoms with Crippen LogP contribution in [0.1, 0.15) is 6.92 Å². The SMILES string of the molecule is C=C(C)C(=O)Oc1ccc(NC(=O)OCC(F)(F)S(=O)(=O)[O-])cc1. The van der Waals surface area contributed by atoms with Gasteiger partial charge in [0.2, 0.25) is 0 Å². The van der Waals surface area contributed by atoms with E-state index in [1.165, 1.54) is 31.2 Å². The molecule has 0 saturated heterocycles. The van der Waals surface area contributed by atoms with Gasteiger partial charge in [0.25, 0.3) is 0 Å². The van der Waals surface area contributed by atoms with Crippen LogP contribution in [0.5, 0.6) is 5.75 Å². The summed E-state index contributed by atoms with van der Waals surface area (Å²) < 4.78 is 65.2. The van der Waals surface area contributed by atoms with Crippen LogP contribution in [0.2, 0.25) is 0 Å². The molecule has 11 heteroatoms. The van der Waals surface area contributed by atoms with Gasteiger partial charge < -0.3 is 14.0 Å². The van der Waals surface area contributed by atoms with Gasteiger partial charge in [-0.15, -0.1) is 0 Å². The molecule has 1 amide bonds. The topological polar surface area (TPSA) is 122 Å². The van der Waals surface area contributed by atoms with E-state index in [1.54, 1.807) is 0 Å². The van der Waals surface area contributed by atoms with E-state index in [0.29, 0.717) is 0 Å². The number of ether oxygens (including phenoxy) is 2. The zero-order valence-electron chi connectivity index (χ0n) is 12.2. The van der Waals surface area contributed by atoms with Crippen LogP contribution in [0, 0.1) is 0 Å². The van der Waals surface area contributed by atoms with Crippen molar-refractivity contribution in [3.8, 4) is 5.75 Å². The number of rotatable bonds is 6. The van der Waals surface area contributed by atoms with Gasteiger partial charge in [-0.1, -0.05) is 6.58 Å². The van der Waals surface area contributed by atoms with E-state index in [0.717, 1.165) is 0 Å². The highest BCUT2D eigenvalue weighted by molar-refractivity contribution is 7.86. The van der Waals surface area contributed by atoms with Crippen LogP contribution < -0.4 is 10.1 Å². The van der Waals surface area contributed by atoms with Crippen molar-refractivity contribution in [1.29, 1.82) is 0 Å². The average Bonchev–Trinajstić information content (AvgIpc) is 2.46. The van der Waals surface area contributed by atoms with Gasteiger partial charge in [0.15, 0.2) is 16.7 Å². The molecular formula is C13H12F2NO7S-. The lowest BCUT2D eigenvalue weighted by Gasteiger charge is -2.19. The van der Waals surface area contributed by atoms with Gasteiger partial charge in [-0.25, -0.2) is 18.0 Å². The number of alkyl halides is 2. The fourth-order valence-electron chi connectivity index (χ4n) is 1.18. The van der Waals surface area contributed by atoms with Crippen molar-refractivity contribution in [1.82, 2.24) is 0 Å². The van der Waals surface area contributed by atoms with E-state index in [1.807, 2.05) is 5.32 Å². The fourth-order valence-corrected chi connectivity index (χ4v) is 1.38. The van der Waals surface area contributed by atoms with Crippen LogP contribution in [-0.2, 0) is 19.6 Å². The number of halogens is 2. The largest absolute Gasteiger partial charge is 0.743 e. The molecule has 0 bridgehead atoms. The maximum absolute atomic E-state index is 12.8. The van der Waals surface area contributed by atoms with Crippen molar-refractivity contribution in [2.75, 3.05) is 11.9 Å². The molecule has 0 aromatic heterocycles. The molecule has 1 N–H and O–H groups in total. The fraction of sp³-hybridized carbons (Fsp3) is 0.231. The first-order chi connectivity index (χ1) is 10.9. The lowest BCUT2D eigenvalue weighted by atomic mass is 10.3. The molecular weight excluding hydrogens is 352 g/mol. The summed E-state index contributed by atoms with van der Waals surface area (Å²) in [6.45, 7) is 2.92. The Balaban J connectivity index is 2.59. The number of hydrogen-bond donors (Lipinski definition) is 1. The molecule has 0 unspecified atom stereocenters. The van der Waals surface area contributed by atoms with Crippen LogP contribution in [-0.4, -0.2) is 36.9 Å². The number of hydrogen-bond acceptors (Lipinski definition) is 7. The van der Waals surface area contributed by atoms with E-state index in [4.69, 9.17) is 4.74 Å². The molecule has 132 valence electrons. The average molecular weight is 364 g/mol. The second-order valence-electron chi connectivity index (χ2n) is 4.49.